The molecule has 1 amide bonds. The van der Waals surface area contributed by atoms with Gasteiger partial charge in [0.05, 0.1) is 25.9 Å². The predicted octanol–water partition coefficient (Wildman–Crippen LogP) is 3.55. The molecule has 1 aliphatic rings. The Labute approximate surface area is 196 Å². The summed E-state index contributed by atoms with van der Waals surface area (Å²) < 4.78 is 30.9. The van der Waals surface area contributed by atoms with Crippen LogP contribution in [0.15, 0.2) is 42.5 Å². The minimum atomic E-state index is -0.666. The summed E-state index contributed by atoms with van der Waals surface area (Å²) >= 11 is 0. The van der Waals surface area contributed by atoms with E-state index in [0.29, 0.717) is 23.6 Å². The Morgan fingerprint density at radius 3 is 2.59 bits per heavy atom. The standard InChI is InChI=1S/C25H26FN3O5/c1-15(20-13-18(32-2)11-12-22(20)33-3)27-23(30)14-34-25(31)24-19-5-4-6-21(19)29(28-24)17-9-7-16(26)8-10-17/h7-13,15H,4-6,14H2,1-3H3,(H,27,30). The predicted molar refractivity (Wildman–Crippen MR) is 122 cm³/mol. The Hall–Kier alpha value is -3.88. The van der Waals surface area contributed by atoms with Crippen molar-refractivity contribution in [3.63, 3.8) is 0 Å². The van der Waals surface area contributed by atoms with Crippen LogP contribution in [-0.2, 0) is 22.4 Å². The molecule has 1 atom stereocenters. The molecule has 1 unspecified atom stereocenters. The number of nitrogens with one attached hydrogen (secondary N) is 1. The lowest BCUT2D eigenvalue weighted by molar-refractivity contribution is -0.124. The molecule has 1 aliphatic carbocycles. The molecule has 1 aromatic heterocycles. The van der Waals surface area contributed by atoms with Crippen molar-refractivity contribution in [2.24, 2.45) is 0 Å². The van der Waals surface area contributed by atoms with Crippen LogP contribution in [-0.4, -0.2) is 42.5 Å². The van der Waals surface area contributed by atoms with E-state index in [9.17, 15) is 14.0 Å². The molecule has 178 valence electrons. The van der Waals surface area contributed by atoms with Gasteiger partial charge in [0.15, 0.2) is 12.3 Å². The first-order valence-electron chi connectivity index (χ1n) is 11.0. The van der Waals surface area contributed by atoms with Crippen LogP contribution in [0.1, 0.15) is 46.7 Å². The number of hydrogen-bond acceptors (Lipinski definition) is 6. The van der Waals surface area contributed by atoms with Crippen LogP contribution in [0.3, 0.4) is 0 Å². The zero-order valence-electron chi connectivity index (χ0n) is 19.3. The maximum atomic E-state index is 13.3. The van der Waals surface area contributed by atoms with E-state index in [1.165, 1.54) is 12.1 Å². The first kappa shape index (κ1) is 23.3. The zero-order valence-corrected chi connectivity index (χ0v) is 19.3. The first-order valence-corrected chi connectivity index (χ1v) is 11.0. The number of rotatable bonds is 8. The fourth-order valence-electron chi connectivity index (χ4n) is 4.14. The number of halogens is 1. The van der Waals surface area contributed by atoms with Crippen molar-refractivity contribution in [2.75, 3.05) is 20.8 Å². The van der Waals surface area contributed by atoms with E-state index in [0.717, 1.165) is 29.7 Å². The van der Waals surface area contributed by atoms with Crippen molar-refractivity contribution >= 4 is 11.9 Å². The molecule has 0 fully saturated rings. The molecule has 0 saturated heterocycles. The van der Waals surface area contributed by atoms with E-state index in [2.05, 4.69) is 10.4 Å². The van der Waals surface area contributed by atoms with Gasteiger partial charge in [-0.1, -0.05) is 0 Å². The minimum Gasteiger partial charge on any atom is -0.497 e. The molecule has 1 N–H and O–H groups in total. The average molecular weight is 467 g/mol. The zero-order chi connectivity index (χ0) is 24.2. The Morgan fingerprint density at radius 2 is 1.88 bits per heavy atom. The van der Waals surface area contributed by atoms with Gasteiger partial charge in [-0.3, -0.25) is 4.79 Å². The second-order valence-corrected chi connectivity index (χ2v) is 7.99. The number of hydrogen-bond donors (Lipinski definition) is 1. The van der Waals surface area contributed by atoms with E-state index >= 15 is 0 Å². The van der Waals surface area contributed by atoms with Gasteiger partial charge in [-0.25, -0.2) is 13.9 Å². The molecule has 9 heteroatoms. The van der Waals surface area contributed by atoms with Crippen LogP contribution < -0.4 is 14.8 Å². The van der Waals surface area contributed by atoms with Crippen LogP contribution >= 0.6 is 0 Å². The van der Waals surface area contributed by atoms with Crippen LogP contribution in [0, 0.1) is 5.82 Å². The van der Waals surface area contributed by atoms with E-state index in [4.69, 9.17) is 14.2 Å². The molecule has 4 rings (SSSR count). The van der Waals surface area contributed by atoms with Crippen LogP contribution in [0.2, 0.25) is 0 Å². The van der Waals surface area contributed by atoms with Crippen molar-refractivity contribution in [1.29, 1.82) is 0 Å². The number of aromatic nitrogens is 2. The van der Waals surface area contributed by atoms with E-state index in [1.54, 1.807) is 56.2 Å². The lowest BCUT2D eigenvalue weighted by Crippen LogP contribution is -2.31. The molecule has 0 saturated carbocycles. The highest BCUT2D eigenvalue weighted by molar-refractivity contribution is 5.91. The second kappa shape index (κ2) is 9.94. The fraction of sp³-hybridized carbons (Fsp3) is 0.320. The molecular weight excluding hydrogens is 441 g/mol. The van der Waals surface area contributed by atoms with Gasteiger partial charge in [-0.15, -0.1) is 0 Å². The third kappa shape index (κ3) is 4.73. The fourth-order valence-corrected chi connectivity index (χ4v) is 4.14. The van der Waals surface area contributed by atoms with Crippen molar-refractivity contribution in [3.8, 4) is 17.2 Å². The molecule has 0 bridgehead atoms. The summed E-state index contributed by atoms with van der Waals surface area (Å²) in [5, 5.41) is 7.22. The number of ether oxygens (including phenoxy) is 3. The van der Waals surface area contributed by atoms with E-state index in [-0.39, 0.29) is 11.5 Å². The number of carbonyl (C=O) groups excluding carboxylic acids is 2. The molecular formula is C25H26FN3O5. The summed E-state index contributed by atoms with van der Waals surface area (Å²) in [6.07, 6.45) is 2.34. The summed E-state index contributed by atoms with van der Waals surface area (Å²) in [5.74, 6) is -0.235. The average Bonchev–Trinajstić information content (AvgIpc) is 3.46. The van der Waals surface area contributed by atoms with Gasteiger partial charge in [0.25, 0.3) is 5.91 Å². The monoisotopic (exact) mass is 467 g/mol. The molecule has 0 aliphatic heterocycles. The Bertz CT molecular complexity index is 1210. The van der Waals surface area contributed by atoms with Crippen LogP contribution in [0.5, 0.6) is 11.5 Å². The van der Waals surface area contributed by atoms with Crippen LogP contribution in [0.4, 0.5) is 4.39 Å². The number of nitrogens with zero attached hydrogens (tertiary/aromatic N) is 2. The first-order chi connectivity index (χ1) is 16.4. The molecule has 3 aromatic rings. The normalized spacial score (nSPS) is 13.2. The summed E-state index contributed by atoms with van der Waals surface area (Å²) in [6, 6.07) is 10.8. The Morgan fingerprint density at radius 1 is 1.12 bits per heavy atom. The molecule has 0 spiro atoms. The SMILES string of the molecule is COc1ccc(OC)c(C(C)NC(=O)COC(=O)c2nn(-c3ccc(F)cc3)c3c2CCC3)c1. The highest BCUT2D eigenvalue weighted by Crippen LogP contribution is 2.30. The molecule has 1 heterocycles. The van der Waals surface area contributed by atoms with Crippen molar-refractivity contribution in [3.05, 3.63) is 70.8 Å². The summed E-state index contributed by atoms with van der Waals surface area (Å²) in [5.41, 5.74) is 3.30. The topological polar surface area (TPSA) is 91.7 Å². The van der Waals surface area contributed by atoms with Gasteiger partial charge >= 0.3 is 5.97 Å². The van der Waals surface area contributed by atoms with Gasteiger partial charge in [0, 0.05) is 16.8 Å². The summed E-state index contributed by atoms with van der Waals surface area (Å²) in [7, 11) is 3.10. The second-order valence-electron chi connectivity index (χ2n) is 7.99. The van der Waals surface area contributed by atoms with E-state index < -0.39 is 24.5 Å². The lowest BCUT2D eigenvalue weighted by atomic mass is 10.1. The number of esters is 1. The van der Waals surface area contributed by atoms with Gasteiger partial charge in [-0.2, -0.15) is 5.10 Å². The van der Waals surface area contributed by atoms with Gasteiger partial charge in [-0.05, 0) is 68.7 Å². The molecule has 2 aromatic carbocycles. The van der Waals surface area contributed by atoms with Crippen LogP contribution in [0.25, 0.3) is 5.69 Å². The van der Waals surface area contributed by atoms with Gasteiger partial charge in [0.2, 0.25) is 0 Å². The minimum absolute atomic E-state index is 0.187. The maximum absolute atomic E-state index is 13.3. The smallest absolute Gasteiger partial charge is 0.359 e. The highest BCUT2D eigenvalue weighted by Gasteiger charge is 2.28. The summed E-state index contributed by atoms with van der Waals surface area (Å²) in [4.78, 5) is 25.3. The maximum Gasteiger partial charge on any atom is 0.359 e. The van der Waals surface area contributed by atoms with Gasteiger partial charge < -0.3 is 19.5 Å². The molecule has 8 nitrogen and oxygen atoms in total. The number of methoxy groups -OCH3 is 2. The summed E-state index contributed by atoms with van der Waals surface area (Å²) in [6.45, 7) is 1.35. The Kier molecular flexibility index (Phi) is 6.81. The third-order valence-electron chi connectivity index (χ3n) is 5.81. The molecule has 0 radical (unpaired) electrons. The molecule has 34 heavy (non-hydrogen) atoms. The number of benzene rings is 2. The largest absolute Gasteiger partial charge is 0.497 e. The third-order valence-corrected chi connectivity index (χ3v) is 5.81. The number of carbonyl (C=O) groups is 2. The lowest BCUT2D eigenvalue weighted by Gasteiger charge is -2.18. The van der Waals surface area contributed by atoms with Gasteiger partial charge in [0.1, 0.15) is 17.3 Å². The van der Waals surface area contributed by atoms with Crippen molar-refractivity contribution < 1.29 is 28.2 Å². The quantitative estimate of drug-likeness (QED) is 0.510. The number of amides is 1. The number of fused-ring (bicyclic) bond motifs is 1. The Balaban J connectivity index is 1.43. The van der Waals surface area contributed by atoms with Crippen molar-refractivity contribution in [1.82, 2.24) is 15.1 Å². The van der Waals surface area contributed by atoms with Crippen molar-refractivity contribution in [2.45, 2.75) is 32.2 Å². The highest BCUT2D eigenvalue weighted by atomic mass is 19.1. The van der Waals surface area contributed by atoms with E-state index in [1.807, 2.05) is 0 Å².